The van der Waals surface area contributed by atoms with Crippen LogP contribution in [0.5, 0.6) is 0 Å². The maximum atomic E-state index is 6.69. The Kier molecular flexibility index (Phi) is 5.34. The van der Waals surface area contributed by atoms with Crippen molar-refractivity contribution in [3.8, 4) is 0 Å². The number of nitrogens with zero attached hydrogens (tertiary/aromatic N) is 1. The summed E-state index contributed by atoms with van der Waals surface area (Å²) in [6.07, 6.45) is 5.83. The van der Waals surface area contributed by atoms with E-state index in [2.05, 4.69) is 45.0 Å². The van der Waals surface area contributed by atoms with Crippen LogP contribution in [-0.4, -0.2) is 30.6 Å². The molecule has 0 heterocycles. The summed E-state index contributed by atoms with van der Waals surface area (Å²) >= 11 is 6.40. The molecule has 1 aliphatic rings. The summed E-state index contributed by atoms with van der Waals surface area (Å²) < 4.78 is 0. The van der Waals surface area contributed by atoms with Gasteiger partial charge in [-0.1, -0.05) is 43.5 Å². The molecule has 118 valence electrons. The van der Waals surface area contributed by atoms with Crippen molar-refractivity contribution in [2.24, 2.45) is 11.7 Å². The lowest BCUT2D eigenvalue weighted by Gasteiger charge is -2.49. The maximum Gasteiger partial charge on any atom is 0.0441 e. The Morgan fingerprint density at radius 1 is 1.43 bits per heavy atom. The van der Waals surface area contributed by atoms with Crippen LogP contribution in [0.2, 0.25) is 5.02 Å². The predicted octanol–water partition coefficient (Wildman–Crippen LogP) is 4.03. The topological polar surface area (TPSA) is 29.3 Å². The number of rotatable bonds is 4. The molecule has 0 aromatic heterocycles. The fourth-order valence-electron chi connectivity index (χ4n) is 3.88. The van der Waals surface area contributed by atoms with Crippen LogP contribution in [0, 0.1) is 12.8 Å². The highest BCUT2D eigenvalue weighted by Crippen LogP contribution is 2.38. The molecule has 0 amide bonds. The third-order valence-electron chi connectivity index (χ3n) is 5.24. The van der Waals surface area contributed by atoms with Crippen molar-refractivity contribution in [2.75, 3.05) is 14.1 Å². The van der Waals surface area contributed by atoms with Crippen molar-refractivity contribution in [3.05, 3.63) is 34.3 Å². The third kappa shape index (κ3) is 3.61. The molecule has 0 saturated heterocycles. The van der Waals surface area contributed by atoms with Gasteiger partial charge in [0.05, 0.1) is 0 Å². The zero-order chi connectivity index (χ0) is 15.6. The summed E-state index contributed by atoms with van der Waals surface area (Å²) in [5.41, 5.74) is 9.16. The molecule has 1 saturated carbocycles. The van der Waals surface area contributed by atoms with Crippen LogP contribution in [0.25, 0.3) is 0 Å². The highest BCUT2D eigenvalue weighted by molar-refractivity contribution is 6.31. The SMILES string of the molecule is Cc1ccc(CC(N)C2(N(C)C)CCCC(C)C2)c(Cl)c1. The highest BCUT2D eigenvalue weighted by atomic mass is 35.5. The lowest BCUT2D eigenvalue weighted by atomic mass is 9.70. The predicted molar refractivity (Wildman–Crippen MR) is 91.9 cm³/mol. The Labute approximate surface area is 134 Å². The molecule has 2 N–H and O–H groups in total. The zero-order valence-electron chi connectivity index (χ0n) is 13.8. The van der Waals surface area contributed by atoms with Crippen molar-refractivity contribution < 1.29 is 0 Å². The zero-order valence-corrected chi connectivity index (χ0v) is 14.6. The Morgan fingerprint density at radius 2 is 2.14 bits per heavy atom. The minimum atomic E-state index is 0.103. The van der Waals surface area contributed by atoms with Crippen LogP contribution in [0.3, 0.4) is 0 Å². The Hall–Kier alpha value is -0.570. The fourth-order valence-corrected chi connectivity index (χ4v) is 4.20. The average Bonchev–Trinajstić information content (AvgIpc) is 2.41. The lowest BCUT2D eigenvalue weighted by Crippen LogP contribution is -2.60. The van der Waals surface area contributed by atoms with Crippen LogP contribution in [-0.2, 0) is 6.42 Å². The second-order valence-corrected chi connectivity index (χ2v) is 7.51. The van der Waals surface area contributed by atoms with Gasteiger partial charge in [0.2, 0.25) is 0 Å². The molecule has 1 aliphatic carbocycles. The monoisotopic (exact) mass is 308 g/mol. The minimum absolute atomic E-state index is 0.103. The van der Waals surface area contributed by atoms with E-state index in [1.54, 1.807) is 0 Å². The Morgan fingerprint density at radius 3 is 2.71 bits per heavy atom. The van der Waals surface area contributed by atoms with E-state index in [0.717, 1.165) is 17.4 Å². The summed E-state index contributed by atoms with van der Waals surface area (Å²) in [7, 11) is 4.35. The molecule has 1 aromatic carbocycles. The third-order valence-corrected chi connectivity index (χ3v) is 5.59. The molecule has 2 rings (SSSR count). The van der Waals surface area contributed by atoms with Gasteiger partial charge in [-0.3, -0.25) is 0 Å². The van der Waals surface area contributed by atoms with E-state index in [1.165, 1.54) is 36.8 Å². The van der Waals surface area contributed by atoms with Crippen molar-refractivity contribution in [2.45, 2.75) is 57.5 Å². The van der Waals surface area contributed by atoms with E-state index in [0.29, 0.717) is 0 Å². The number of likely N-dealkylation sites (N-methyl/N-ethyl adjacent to an activating group) is 1. The van der Waals surface area contributed by atoms with Crippen LogP contribution >= 0.6 is 11.6 Å². The van der Waals surface area contributed by atoms with Crippen LogP contribution in [0.1, 0.15) is 43.7 Å². The van der Waals surface area contributed by atoms with Gasteiger partial charge < -0.3 is 10.6 Å². The molecule has 1 aromatic rings. The second-order valence-electron chi connectivity index (χ2n) is 7.11. The number of benzene rings is 1. The molecule has 3 heteroatoms. The summed E-state index contributed by atoms with van der Waals surface area (Å²) in [5, 5.41) is 0.850. The molecule has 3 atom stereocenters. The van der Waals surface area contributed by atoms with E-state index in [1.807, 2.05) is 6.07 Å². The van der Waals surface area contributed by atoms with E-state index in [-0.39, 0.29) is 11.6 Å². The van der Waals surface area contributed by atoms with Crippen LogP contribution in [0.4, 0.5) is 0 Å². The van der Waals surface area contributed by atoms with Crippen molar-refractivity contribution in [3.63, 3.8) is 0 Å². The average molecular weight is 309 g/mol. The van der Waals surface area contributed by atoms with Gasteiger partial charge in [0.1, 0.15) is 0 Å². The molecule has 0 aliphatic heterocycles. The van der Waals surface area contributed by atoms with Gasteiger partial charge in [-0.15, -0.1) is 0 Å². The summed E-state index contributed by atoms with van der Waals surface area (Å²) in [6, 6.07) is 6.41. The molecule has 2 nitrogen and oxygen atoms in total. The fraction of sp³-hybridized carbons (Fsp3) is 0.667. The van der Waals surface area contributed by atoms with Crippen molar-refractivity contribution >= 4 is 11.6 Å². The molecule has 0 bridgehead atoms. The van der Waals surface area contributed by atoms with E-state index in [4.69, 9.17) is 17.3 Å². The lowest BCUT2D eigenvalue weighted by molar-refractivity contribution is 0.0504. The van der Waals surface area contributed by atoms with Gasteiger partial charge in [0.15, 0.2) is 0 Å². The van der Waals surface area contributed by atoms with E-state index >= 15 is 0 Å². The minimum Gasteiger partial charge on any atom is -0.326 e. The Bertz CT molecular complexity index is 486. The summed E-state index contributed by atoms with van der Waals surface area (Å²) in [6.45, 7) is 4.42. The van der Waals surface area contributed by atoms with Gasteiger partial charge >= 0.3 is 0 Å². The summed E-state index contributed by atoms with van der Waals surface area (Å²) in [5.74, 6) is 0.751. The summed E-state index contributed by atoms with van der Waals surface area (Å²) in [4.78, 5) is 2.36. The van der Waals surface area contributed by atoms with Crippen LogP contribution < -0.4 is 5.73 Å². The largest absolute Gasteiger partial charge is 0.326 e. The highest BCUT2D eigenvalue weighted by Gasteiger charge is 2.42. The molecular formula is C18H29ClN2. The van der Waals surface area contributed by atoms with Crippen LogP contribution in [0.15, 0.2) is 18.2 Å². The van der Waals surface area contributed by atoms with Gasteiger partial charge in [-0.25, -0.2) is 0 Å². The number of hydrogen-bond acceptors (Lipinski definition) is 2. The molecule has 3 unspecified atom stereocenters. The first-order valence-corrected chi connectivity index (χ1v) is 8.41. The van der Waals surface area contributed by atoms with E-state index < -0.39 is 0 Å². The van der Waals surface area contributed by atoms with Gasteiger partial charge in [0, 0.05) is 16.6 Å². The molecule has 0 spiro atoms. The first-order valence-electron chi connectivity index (χ1n) is 8.03. The van der Waals surface area contributed by atoms with Gasteiger partial charge in [-0.2, -0.15) is 0 Å². The molecule has 1 fully saturated rings. The van der Waals surface area contributed by atoms with Crippen molar-refractivity contribution in [1.29, 1.82) is 0 Å². The Balaban J connectivity index is 2.21. The van der Waals surface area contributed by atoms with E-state index in [9.17, 15) is 0 Å². The standard InChI is InChI=1S/C18H29ClN2/c1-13-7-8-15(16(19)10-13)11-17(20)18(21(3)4)9-5-6-14(2)12-18/h7-8,10,14,17H,5-6,9,11-12,20H2,1-4H3. The molecule has 0 radical (unpaired) electrons. The first kappa shape index (κ1) is 16.8. The number of halogens is 1. The molecular weight excluding hydrogens is 280 g/mol. The number of nitrogens with two attached hydrogens (primary N) is 1. The maximum absolute atomic E-state index is 6.69. The van der Waals surface area contributed by atoms with Gasteiger partial charge in [-0.05, 0) is 63.4 Å². The first-order chi connectivity index (χ1) is 9.85. The quantitative estimate of drug-likeness (QED) is 0.910. The normalized spacial score (nSPS) is 27.9. The van der Waals surface area contributed by atoms with Gasteiger partial charge in [0.25, 0.3) is 0 Å². The smallest absolute Gasteiger partial charge is 0.0441 e. The number of hydrogen-bond donors (Lipinski definition) is 1. The second kappa shape index (κ2) is 6.68. The number of aryl methyl sites for hydroxylation is 1. The van der Waals surface area contributed by atoms with Crippen molar-refractivity contribution in [1.82, 2.24) is 4.90 Å². The molecule has 21 heavy (non-hydrogen) atoms.